The molecular weight excluding hydrogens is 350 g/mol. The highest BCUT2D eigenvalue weighted by molar-refractivity contribution is 7.89. The van der Waals surface area contributed by atoms with Gasteiger partial charge in [-0.3, -0.25) is 4.79 Å². The fourth-order valence-corrected chi connectivity index (χ4v) is 5.56. The molecule has 1 aromatic carbocycles. The minimum atomic E-state index is -3.56. The maximum absolute atomic E-state index is 13.1. The van der Waals surface area contributed by atoms with Crippen molar-refractivity contribution < 1.29 is 13.2 Å². The number of sulfonamides is 1. The Morgan fingerprint density at radius 2 is 1.92 bits per heavy atom. The van der Waals surface area contributed by atoms with Crippen LogP contribution in [0.2, 0.25) is 0 Å². The molecule has 6 nitrogen and oxygen atoms in total. The fourth-order valence-electron chi connectivity index (χ4n) is 4.26. The van der Waals surface area contributed by atoms with Gasteiger partial charge in [0.1, 0.15) is 0 Å². The van der Waals surface area contributed by atoms with E-state index in [2.05, 4.69) is 4.90 Å². The molecule has 0 unspecified atom stereocenters. The normalized spacial score (nSPS) is 21.8. The second kappa shape index (κ2) is 6.62. The van der Waals surface area contributed by atoms with E-state index in [-0.39, 0.29) is 17.5 Å². The van der Waals surface area contributed by atoms with Gasteiger partial charge >= 0.3 is 0 Å². The summed E-state index contributed by atoms with van der Waals surface area (Å²) in [5.74, 6) is -0.0121. The molecule has 1 aliphatic heterocycles. The zero-order chi connectivity index (χ0) is 19.3. The van der Waals surface area contributed by atoms with E-state index in [0.29, 0.717) is 17.9 Å². The van der Waals surface area contributed by atoms with Crippen LogP contribution in [0.15, 0.2) is 23.1 Å². The Morgan fingerprint density at radius 1 is 1.27 bits per heavy atom. The van der Waals surface area contributed by atoms with Gasteiger partial charge < -0.3 is 9.80 Å². The van der Waals surface area contributed by atoms with E-state index in [1.807, 2.05) is 21.0 Å². The summed E-state index contributed by atoms with van der Waals surface area (Å²) in [4.78, 5) is 16.1. The van der Waals surface area contributed by atoms with Gasteiger partial charge in [0.15, 0.2) is 0 Å². The zero-order valence-corrected chi connectivity index (χ0v) is 17.1. The number of carbonyl (C=O) groups excluding carboxylic acids is 1. The zero-order valence-electron chi connectivity index (χ0n) is 16.3. The van der Waals surface area contributed by atoms with Crippen molar-refractivity contribution >= 4 is 21.6 Å². The lowest BCUT2D eigenvalue weighted by Crippen LogP contribution is -2.57. The summed E-state index contributed by atoms with van der Waals surface area (Å²) in [5.41, 5.74) is 1.70. The number of benzene rings is 1. The average Bonchev–Trinajstić information content (AvgIpc) is 2.84. The molecule has 7 heteroatoms. The largest absolute Gasteiger partial charge is 0.309 e. The first-order valence-corrected chi connectivity index (χ1v) is 10.6. The Hall–Kier alpha value is -1.44. The van der Waals surface area contributed by atoms with Crippen LogP contribution >= 0.6 is 0 Å². The molecular formula is C19H29N3O3S. The molecule has 0 N–H and O–H groups in total. The molecule has 26 heavy (non-hydrogen) atoms. The van der Waals surface area contributed by atoms with E-state index in [1.54, 1.807) is 37.1 Å². The third-order valence-corrected chi connectivity index (χ3v) is 7.86. The predicted molar refractivity (Wildman–Crippen MR) is 103 cm³/mol. The number of hydrogen-bond acceptors (Lipinski definition) is 4. The lowest BCUT2D eigenvalue weighted by molar-refractivity contribution is -0.116. The van der Waals surface area contributed by atoms with Crippen molar-refractivity contribution in [2.24, 2.45) is 0 Å². The van der Waals surface area contributed by atoms with Crippen molar-refractivity contribution in [3.8, 4) is 0 Å². The van der Waals surface area contributed by atoms with Gasteiger partial charge in [-0.25, -0.2) is 8.42 Å². The van der Waals surface area contributed by atoms with Crippen LogP contribution in [0.25, 0.3) is 0 Å². The van der Waals surface area contributed by atoms with Crippen LogP contribution in [0.5, 0.6) is 0 Å². The molecule has 3 rings (SSSR count). The number of amides is 1. The maximum Gasteiger partial charge on any atom is 0.242 e. The summed E-state index contributed by atoms with van der Waals surface area (Å²) in [5, 5.41) is 0. The second-order valence-corrected chi connectivity index (χ2v) is 10.0. The third kappa shape index (κ3) is 3.06. The summed E-state index contributed by atoms with van der Waals surface area (Å²) in [6.07, 6.45) is 3.87. The lowest BCUT2D eigenvalue weighted by Gasteiger charge is -2.48. The second-order valence-electron chi connectivity index (χ2n) is 7.97. The Bertz CT molecular complexity index is 815. The van der Waals surface area contributed by atoms with Crippen molar-refractivity contribution in [2.75, 3.05) is 32.6 Å². The fraction of sp³-hybridized carbons (Fsp3) is 0.632. The molecule has 0 spiro atoms. The number of carbonyl (C=O) groups is 1. The molecule has 144 valence electrons. The molecule has 0 aromatic heterocycles. The highest BCUT2D eigenvalue weighted by atomic mass is 32.2. The van der Waals surface area contributed by atoms with Crippen LogP contribution < -0.4 is 4.90 Å². The van der Waals surface area contributed by atoms with Crippen molar-refractivity contribution in [1.29, 1.82) is 0 Å². The minimum absolute atomic E-state index is 0.0121. The quantitative estimate of drug-likeness (QED) is 0.786. The predicted octanol–water partition coefficient (Wildman–Crippen LogP) is 2.09. The molecule has 1 heterocycles. The molecule has 0 bridgehead atoms. The van der Waals surface area contributed by atoms with Crippen molar-refractivity contribution in [3.63, 3.8) is 0 Å². The van der Waals surface area contributed by atoms with E-state index in [4.69, 9.17) is 0 Å². The molecule has 1 atom stereocenters. The van der Waals surface area contributed by atoms with E-state index in [9.17, 15) is 13.2 Å². The number of nitrogens with zero attached hydrogens (tertiary/aromatic N) is 3. The molecule has 2 aliphatic rings. The van der Waals surface area contributed by atoms with Crippen molar-refractivity contribution in [2.45, 2.75) is 56.0 Å². The summed E-state index contributed by atoms with van der Waals surface area (Å²) in [6, 6.07) is 5.20. The first-order chi connectivity index (χ1) is 12.1. The highest BCUT2D eigenvalue weighted by Gasteiger charge is 2.42. The Kier molecular flexibility index (Phi) is 4.92. The molecule has 1 aliphatic carbocycles. The van der Waals surface area contributed by atoms with Crippen LogP contribution in [0.3, 0.4) is 0 Å². The maximum atomic E-state index is 13.1. The topological polar surface area (TPSA) is 60.9 Å². The van der Waals surface area contributed by atoms with E-state index in [1.165, 1.54) is 4.31 Å². The Labute approximate surface area is 156 Å². The van der Waals surface area contributed by atoms with Crippen LogP contribution in [-0.4, -0.2) is 62.8 Å². The van der Waals surface area contributed by atoms with Crippen molar-refractivity contribution in [3.05, 3.63) is 23.8 Å². The number of likely N-dealkylation sites (N-methyl/N-ethyl adjacent to an activating group) is 2. The van der Waals surface area contributed by atoms with Gasteiger partial charge in [0.2, 0.25) is 15.9 Å². The van der Waals surface area contributed by atoms with E-state index < -0.39 is 10.0 Å². The first kappa shape index (κ1) is 19.3. The highest BCUT2D eigenvalue weighted by Crippen LogP contribution is 2.38. The van der Waals surface area contributed by atoms with Gasteiger partial charge in [0.05, 0.1) is 4.90 Å². The van der Waals surface area contributed by atoms with Gasteiger partial charge in [-0.15, -0.1) is 0 Å². The summed E-state index contributed by atoms with van der Waals surface area (Å²) in [7, 11) is 2.15. The number of rotatable bonds is 5. The van der Waals surface area contributed by atoms with Crippen LogP contribution in [0.4, 0.5) is 5.69 Å². The van der Waals surface area contributed by atoms with Crippen molar-refractivity contribution in [1.82, 2.24) is 9.21 Å². The van der Waals surface area contributed by atoms with Gasteiger partial charge in [-0.2, -0.15) is 4.31 Å². The molecule has 1 aromatic rings. The molecule has 1 saturated carbocycles. The van der Waals surface area contributed by atoms with Crippen LogP contribution in [0.1, 0.15) is 38.7 Å². The SMILES string of the molecule is CC(=O)N1c2ccc(S(=O)(=O)N(C)CC3(N(C)C)CCC3)cc2C[C@@H]1C. The van der Waals surface area contributed by atoms with Gasteiger partial charge in [-0.05, 0) is 70.5 Å². The number of fused-ring (bicyclic) bond motifs is 1. The first-order valence-electron chi connectivity index (χ1n) is 9.15. The van der Waals surface area contributed by atoms with E-state index >= 15 is 0 Å². The molecule has 1 fully saturated rings. The standard InChI is InChI=1S/C19H29N3O3S/c1-14-11-16-12-17(7-8-18(16)22(14)15(2)23)26(24,25)21(5)13-19(20(3)4)9-6-10-19/h7-8,12,14H,6,9-11,13H2,1-5H3/t14-/m0/s1. The smallest absolute Gasteiger partial charge is 0.242 e. The monoisotopic (exact) mass is 379 g/mol. The molecule has 1 amide bonds. The number of hydrogen-bond donors (Lipinski definition) is 0. The van der Waals surface area contributed by atoms with Gasteiger partial charge in [0, 0.05) is 37.8 Å². The van der Waals surface area contributed by atoms with Gasteiger partial charge in [-0.1, -0.05) is 0 Å². The summed E-state index contributed by atoms with van der Waals surface area (Å²) < 4.78 is 27.7. The van der Waals surface area contributed by atoms with Gasteiger partial charge in [0.25, 0.3) is 0 Å². The summed E-state index contributed by atoms with van der Waals surface area (Å²) >= 11 is 0. The Morgan fingerprint density at radius 3 is 2.42 bits per heavy atom. The number of anilines is 1. The lowest BCUT2D eigenvalue weighted by atomic mass is 9.75. The van der Waals surface area contributed by atoms with E-state index in [0.717, 1.165) is 30.5 Å². The molecule has 0 radical (unpaired) electrons. The molecule has 0 saturated heterocycles. The average molecular weight is 380 g/mol. The van der Waals surface area contributed by atoms with Crippen LogP contribution in [0, 0.1) is 0 Å². The Balaban J connectivity index is 1.87. The minimum Gasteiger partial charge on any atom is -0.309 e. The summed E-state index contributed by atoms with van der Waals surface area (Å²) in [6.45, 7) is 4.03. The third-order valence-electron chi connectivity index (χ3n) is 6.06. The van der Waals surface area contributed by atoms with Crippen LogP contribution in [-0.2, 0) is 21.2 Å².